The Morgan fingerprint density at radius 3 is 2.16 bits per heavy atom. The lowest BCUT2D eigenvalue weighted by Gasteiger charge is -2.33. The van der Waals surface area contributed by atoms with E-state index in [1.807, 2.05) is 13.8 Å². The van der Waals surface area contributed by atoms with E-state index in [1.165, 1.54) is 17.0 Å². The van der Waals surface area contributed by atoms with Gasteiger partial charge in [-0.25, -0.2) is 8.42 Å². The molecule has 1 saturated carbocycles. The normalized spacial score (nSPS) is 14.5. The number of aryl methyl sites for hydroxylation is 1. The van der Waals surface area contributed by atoms with Gasteiger partial charge in [0.1, 0.15) is 18.3 Å². The van der Waals surface area contributed by atoms with Crippen molar-refractivity contribution in [2.75, 3.05) is 17.5 Å². The molecular weight excluding hydrogens is 621 g/mol. The van der Waals surface area contributed by atoms with E-state index in [0.717, 1.165) is 42.0 Å². The Morgan fingerprint density at radius 1 is 0.955 bits per heavy atom. The number of carbonyl (C=O) groups is 2. The molecular formula is C33H39Cl2N3O5S. The minimum Gasteiger partial charge on any atom is -0.494 e. The number of rotatable bonds is 12. The van der Waals surface area contributed by atoms with Gasteiger partial charge < -0.3 is 15.0 Å². The van der Waals surface area contributed by atoms with Crippen LogP contribution in [-0.2, 0) is 26.2 Å². The van der Waals surface area contributed by atoms with Crippen molar-refractivity contribution < 1.29 is 22.7 Å². The average Bonchev–Trinajstić information content (AvgIpc) is 3.00. The van der Waals surface area contributed by atoms with Gasteiger partial charge in [0, 0.05) is 28.2 Å². The van der Waals surface area contributed by atoms with Crippen molar-refractivity contribution in [3.05, 3.63) is 87.9 Å². The number of nitrogens with one attached hydrogen (secondary N) is 1. The van der Waals surface area contributed by atoms with E-state index >= 15 is 0 Å². The van der Waals surface area contributed by atoms with E-state index in [0.29, 0.717) is 28.0 Å². The van der Waals surface area contributed by atoms with Gasteiger partial charge in [-0.3, -0.25) is 13.9 Å². The van der Waals surface area contributed by atoms with Crippen molar-refractivity contribution in [2.24, 2.45) is 0 Å². The number of nitrogens with zero attached hydrogens (tertiary/aromatic N) is 2. The minimum absolute atomic E-state index is 0.0295. The number of amides is 2. The van der Waals surface area contributed by atoms with Crippen molar-refractivity contribution in [3.8, 4) is 5.75 Å². The van der Waals surface area contributed by atoms with Crippen LogP contribution in [0.2, 0.25) is 10.0 Å². The number of benzene rings is 3. The molecule has 11 heteroatoms. The molecule has 0 saturated heterocycles. The summed E-state index contributed by atoms with van der Waals surface area (Å²) in [5.41, 5.74) is 1.64. The third kappa shape index (κ3) is 8.25. The lowest BCUT2D eigenvalue weighted by Crippen LogP contribution is -2.53. The second-order valence-electron chi connectivity index (χ2n) is 11.0. The highest BCUT2D eigenvalue weighted by molar-refractivity contribution is 7.92. The molecule has 0 spiro atoms. The van der Waals surface area contributed by atoms with Crippen LogP contribution in [0.15, 0.2) is 71.6 Å². The monoisotopic (exact) mass is 659 g/mol. The summed E-state index contributed by atoms with van der Waals surface area (Å²) in [4.78, 5) is 29.1. The third-order valence-corrected chi connectivity index (χ3v) is 10.3. The van der Waals surface area contributed by atoms with Gasteiger partial charge in [0.25, 0.3) is 10.0 Å². The molecule has 1 aliphatic rings. The van der Waals surface area contributed by atoms with Crippen LogP contribution in [0, 0.1) is 6.92 Å². The highest BCUT2D eigenvalue weighted by atomic mass is 35.5. The van der Waals surface area contributed by atoms with Crippen molar-refractivity contribution in [3.63, 3.8) is 0 Å². The molecule has 1 N–H and O–H groups in total. The number of hydrogen-bond donors (Lipinski definition) is 1. The number of ether oxygens (including phenoxy) is 1. The van der Waals surface area contributed by atoms with E-state index in [2.05, 4.69) is 5.32 Å². The molecule has 2 amide bonds. The van der Waals surface area contributed by atoms with E-state index in [9.17, 15) is 18.0 Å². The summed E-state index contributed by atoms with van der Waals surface area (Å²) in [5, 5.41) is 3.77. The number of halogens is 2. The van der Waals surface area contributed by atoms with Crippen LogP contribution < -0.4 is 14.4 Å². The molecule has 0 bridgehead atoms. The Hall–Kier alpha value is -3.27. The predicted molar refractivity (Wildman–Crippen MR) is 175 cm³/mol. The van der Waals surface area contributed by atoms with E-state index in [-0.39, 0.29) is 29.1 Å². The summed E-state index contributed by atoms with van der Waals surface area (Å²) in [5.74, 6) is -0.336. The summed E-state index contributed by atoms with van der Waals surface area (Å²) in [7, 11) is -4.19. The predicted octanol–water partition coefficient (Wildman–Crippen LogP) is 6.76. The maximum absolute atomic E-state index is 14.2. The lowest BCUT2D eigenvalue weighted by molar-refractivity contribution is -0.139. The molecule has 3 aromatic carbocycles. The van der Waals surface area contributed by atoms with Crippen LogP contribution in [0.25, 0.3) is 0 Å². The molecule has 1 aliphatic carbocycles. The fraction of sp³-hybridized carbons (Fsp3) is 0.394. The highest BCUT2D eigenvalue weighted by Crippen LogP contribution is 2.29. The van der Waals surface area contributed by atoms with Gasteiger partial charge in [-0.2, -0.15) is 0 Å². The molecule has 0 aliphatic heterocycles. The molecule has 1 fully saturated rings. The molecule has 0 radical (unpaired) electrons. The second-order valence-corrected chi connectivity index (χ2v) is 13.7. The fourth-order valence-corrected chi connectivity index (χ4v) is 7.18. The van der Waals surface area contributed by atoms with Crippen LogP contribution in [0.3, 0.4) is 0 Å². The zero-order chi connectivity index (χ0) is 31.9. The molecule has 0 aromatic heterocycles. The molecule has 8 nitrogen and oxygen atoms in total. The average molecular weight is 661 g/mol. The lowest BCUT2D eigenvalue weighted by atomic mass is 9.95. The third-order valence-electron chi connectivity index (χ3n) is 7.83. The Labute approximate surface area is 270 Å². The van der Waals surface area contributed by atoms with Gasteiger partial charge in [-0.15, -0.1) is 0 Å². The van der Waals surface area contributed by atoms with Crippen molar-refractivity contribution >= 4 is 50.7 Å². The van der Waals surface area contributed by atoms with Crippen LogP contribution in [0.4, 0.5) is 5.69 Å². The van der Waals surface area contributed by atoms with Crippen LogP contribution in [0.1, 0.15) is 57.1 Å². The number of hydrogen-bond acceptors (Lipinski definition) is 5. The smallest absolute Gasteiger partial charge is 0.264 e. The summed E-state index contributed by atoms with van der Waals surface area (Å²) in [6.07, 6.45) is 4.96. The van der Waals surface area contributed by atoms with E-state index < -0.39 is 28.5 Å². The van der Waals surface area contributed by atoms with Gasteiger partial charge >= 0.3 is 0 Å². The zero-order valence-corrected chi connectivity index (χ0v) is 27.6. The van der Waals surface area contributed by atoms with Crippen LogP contribution >= 0.6 is 23.2 Å². The summed E-state index contributed by atoms with van der Waals surface area (Å²) >= 11 is 13.0. The molecule has 44 heavy (non-hydrogen) atoms. The Morgan fingerprint density at radius 2 is 1.57 bits per heavy atom. The number of sulfonamides is 1. The highest BCUT2D eigenvalue weighted by Gasteiger charge is 2.34. The Balaban J connectivity index is 1.71. The maximum atomic E-state index is 14.2. The number of carbonyl (C=O) groups excluding carboxylic acids is 2. The number of anilines is 1. The van der Waals surface area contributed by atoms with Crippen molar-refractivity contribution in [1.29, 1.82) is 0 Å². The molecule has 0 heterocycles. The topological polar surface area (TPSA) is 96.0 Å². The van der Waals surface area contributed by atoms with E-state index in [1.54, 1.807) is 61.5 Å². The van der Waals surface area contributed by atoms with Gasteiger partial charge in [0.15, 0.2) is 0 Å². The Bertz CT molecular complexity index is 1520. The first-order valence-corrected chi connectivity index (χ1v) is 17.1. The van der Waals surface area contributed by atoms with E-state index in [4.69, 9.17) is 27.9 Å². The SMILES string of the molecule is CCOc1ccc(N(CC(=O)N(Cc2c(Cl)cccc2Cl)[C@H](C)C(=O)NC2CCCCC2)S(=O)(=O)c2ccc(C)cc2)cc1. The molecule has 236 valence electrons. The minimum atomic E-state index is -4.19. The van der Waals surface area contributed by atoms with Crippen LogP contribution in [-0.4, -0.2) is 50.4 Å². The maximum Gasteiger partial charge on any atom is 0.264 e. The summed E-state index contributed by atoms with van der Waals surface area (Å²) in [6.45, 7) is 5.15. The van der Waals surface area contributed by atoms with Gasteiger partial charge in [-0.05, 0) is 82.1 Å². The van der Waals surface area contributed by atoms with Gasteiger partial charge in [-0.1, -0.05) is 66.2 Å². The quantitative estimate of drug-likeness (QED) is 0.232. The molecule has 4 rings (SSSR count). The first-order chi connectivity index (χ1) is 21.0. The largest absolute Gasteiger partial charge is 0.494 e. The van der Waals surface area contributed by atoms with Gasteiger partial charge in [0.05, 0.1) is 17.2 Å². The molecule has 0 unspecified atom stereocenters. The first kappa shape index (κ1) is 33.6. The summed E-state index contributed by atoms with van der Waals surface area (Å²) in [6, 6.07) is 17.0. The van der Waals surface area contributed by atoms with Crippen molar-refractivity contribution in [1.82, 2.24) is 10.2 Å². The zero-order valence-electron chi connectivity index (χ0n) is 25.3. The van der Waals surface area contributed by atoms with Crippen LogP contribution in [0.5, 0.6) is 5.75 Å². The fourth-order valence-electron chi connectivity index (χ4n) is 5.25. The molecule has 3 aromatic rings. The van der Waals surface area contributed by atoms with Gasteiger partial charge in [0.2, 0.25) is 11.8 Å². The Kier molecular flexibility index (Phi) is 11.6. The summed E-state index contributed by atoms with van der Waals surface area (Å²) < 4.78 is 34.7. The molecule has 1 atom stereocenters. The first-order valence-electron chi connectivity index (χ1n) is 14.9. The van der Waals surface area contributed by atoms with Crippen molar-refractivity contribution in [2.45, 2.75) is 76.4 Å². The standard InChI is InChI=1S/C33H39Cl2N3O5S/c1-4-43-27-17-15-26(16-18-27)38(44(41,42)28-19-13-23(2)14-20-28)22-32(39)37(21-29-30(34)11-8-12-31(29)35)24(3)33(40)36-25-9-6-5-7-10-25/h8,11-20,24-25H,4-7,9-10,21-22H2,1-3H3,(H,36,40)/t24-/m1/s1. The second kappa shape index (κ2) is 15.1.